The highest BCUT2D eigenvalue weighted by molar-refractivity contribution is 5.85. The van der Waals surface area contributed by atoms with E-state index < -0.39 is 6.09 Å². The molecule has 0 fully saturated rings. The highest BCUT2D eigenvalue weighted by Crippen LogP contribution is 2.25. The van der Waals surface area contributed by atoms with Crippen LogP contribution < -0.4 is 11.1 Å². The Kier molecular flexibility index (Phi) is 7.10. The minimum absolute atomic E-state index is 0.146. The Bertz CT molecular complexity index is 1470. The summed E-state index contributed by atoms with van der Waals surface area (Å²) in [4.78, 5) is 45.9. The van der Waals surface area contributed by atoms with Crippen molar-refractivity contribution in [2.45, 2.75) is 33.4 Å². The fraction of sp³-hybridized carbons (Fsp3) is 0.259. The molecule has 8 heteroatoms. The van der Waals surface area contributed by atoms with Crippen LogP contribution in [0.3, 0.4) is 0 Å². The molecular weight excluding hydrogens is 444 g/mol. The van der Waals surface area contributed by atoms with Crippen LogP contribution in [0.2, 0.25) is 0 Å². The first kappa shape index (κ1) is 23.9. The smallest absolute Gasteiger partial charge is 0.409 e. The number of hydrogen-bond donors (Lipinski definition) is 1. The van der Waals surface area contributed by atoms with E-state index in [4.69, 9.17) is 4.74 Å². The van der Waals surface area contributed by atoms with E-state index in [-0.39, 0.29) is 17.7 Å². The number of aromatic amines is 1. The lowest BCUT2D eigenvalue weighted by Gasteiger charge is -2.17. The van der Waals surface area contributed by atoms with Gasteiger partial charge in [0.1, 0.15) is 12.4 Å². The molecule has 0 aliphatic rings. The third-order valence-electron chi connectivity index (χ3n) is 5.89. The topological polar surface area (TPSA) is 97.3 Å². The van der Waals surface area contributed by atoms with Gasteiger partial charge in [0, 0.05) is 32.4 Å². The lowest BCUT2D eigenvalue weighted by molar-refractivity contribution is 0.104. The van der Waals surface area contributed by atoms with Crippen LogP contribution in [-0.2, 0) is 17.9 Å². The molecule has 8 nitrogen and oxygen atoms in total. The molecule has 35 heavy (non-hydrogen) atoms. The lowest BCUT2D eigenvalue weighted by atomic mass is 9.99. The fourth-order valence-corrected chi connectivity index (χ4v) is 3.98. The molecule has 0 saturated heterocycles. The molecule has 4 aromatic rings. The number of ether oxygens (including phenoxy) is 1. The van der Waals surface area contributed by atoms with Gasteiger partial charge in [-0.2, -0.15) is 0 Å². The van der Waals surface area contributed by atoms with E-state index in [2.05, 4.69) is 9.97 Å². The van der Waals surface area contributed by atoms with Crippen LogP contribution in [0.4, 0.5) is 4.79 Å². The van der Waals surface area contributed by atoms with Crippen molar-refractivity contribution < 1.29 is 9.53 Å². The molecule has 2 aromatic carbocycles. The van der Waals surface area contributed by atoms with Crippen LogP contribution in [0.15, 0.2) is 70.4 Å². The lowest BCUT2D eigenvalue weighted by Crippen LogP contribution is -2.30. The molecule has 0 radical (unpaired) electrons. The van der Waals surface area contributed by atoms with Gasteiger partial charge in [0.2, 0.25) is 0 Å². The Balaban J connectivity index is 1.39. The van der Waals surface area contributed by atoms with E-state index >= 15 is 0 Å². The maximum absolute atomic E-state index is 12.7. The monoisotopic (exact) mass is 472 g/mol. The molecule has 4 rings (SSSR count). The third-order valence-corrected chi connectivity index (χ3v) is 5.89. The molecule has 0 bridgehead atoms. The maximum atomic E-state index is 12.7. The van der Waals surface area contributed by atoms with Gasteiger partial charge in [0.25, 0.3) is 11.1 Å². The second-order valence-electron chi connectivity index (χ2n) is 8.60. The molecule has 2 heterocycles. The number of carbonyl (C=O) groups is 1. The second kappa shape index (κ2) is 10.4. The Labute approximate surface area is 202 Å². The van der Waals surface area contributed by atoms with Crippen molar-refractivity contribution in [1.82, 2.24) is 19.4 Å². The normalized spacial score (nSPS) is 10.9. The van der Waals surface area contributed by atoms with Gasteiger partial charge < -0.3 is 19.2 Å². The SMILES string of the molecule is Cc1nc2cc(C)c(-c3ccn(CCCN(C)C(=O)OCc4ccccc4)c(=O)c3)cc2c(=O)[nH]1. The van der Waals surface area contributed by atoms with Crippen molar-refractivity contribution in [1.29, 1.82) is 0 Å². The van der Waals surface area contributed by atoms with Gasteiger partial charge >= 0.3 is 6.09 Å². The van der Waals surface area contributed by atoms with E-state index in [0.717, 1.165) is 22.3 Å². The second-order valence-corrected chi connectivity index (χ2v) is 8.60. The number of benzene rings is 2. The predicted octanol–water partition coefficient (Wildman–Crippen LogP) is 4.03. The molecule has 0 aliphatic carbocycles. The molecule has 2 aromatic heterocycles. The van der Waals surface area contributed by atoms with Crippen LogP contribution in [0, 0.1) is 13.8 Å². The molecule has 180 valence electrons. The van der Waals surface area contributed by atoms with Crippen LogP contribution in [-0.4, -0.2) is 39.1 Å². The van der Waals surface area contributed by atoms with Gasteiger partial charge in [-0.25, -0.2) is 9.78 Å². The van der Waals surface area contributed by atoms with E-state index in [9.17, 15) is 14.4 Å². The molecule has 0 atom stereocenters. The number of aryl methyl sites for hydroxylation is 3. The number of carbonyl (C=O) groups excluding carboxylic acids is 1. The summed E-state index contributed by atoms with van der Waals surface area (Å²) < 4.78 is 6.94. The number of rotatable bonds is 7. The highest BCUT2D eigenvalue weighted by atomic mass is 16.6. The largest absolute Gasteiger partial charge is 0.445 e. The van der Waals surface area contributed by atoms with Crippen molar-refractivity contribution in [3.63, 3.8) is 0 Å². The number of nitrogens with zero attached hydrogens (tertiary/aromatic N) is 3. The average Bonchev–Trinajstić information content (AvgIpc) is 2.83. The highest BCUT2D eigenvalue weighted by Gasteiger charge is 2.12. The minimum atomic E-state index is -0.400. The van der Waals surface area contributed by atoms with Gasteiger partial charge in [-0.15, -0.1) is 0 Å². The van der Waals surface area contributed by atoms with Gasteiger partial charge in [-0.3, -0.25) is 9.59 Å². The summed E-state index contributed by atoms with van der Waals surface area (Å²) in [5, 5.41) is 0.488. The summed E-state index contributed by atoms with van der Waals surface area (Å²) in [7, 11) is 1.68. The summed E-state index contributed by atoms with van der Waals surface area (Å²) in [6.07, 6.45) is 1.95. The molecular formula is C27H28N4O4. The van der Waals surface area contributed by atoms with Gasteiger partial charge in [0.05, 0.1) is 10.9 Å². The summed E-state index contributed by atoms with van der Waals surface area (Å²) in [6, 6.07) is 16.6. The van der Waals surface area contributed by atoms with E-state index in [1.165, 1.54) is 4.90 Å². The molecule has 0 spiro atoms. The van der Waals surface area contributed by atoms with E-state index in [0.29, 0.717) is 36.2 Å². The maximum Gasteiger partial charge on any atom is 0.409 e. The number of amides is 1. The number of H-pyrrole nitrogens is 1. The Morgan fingerprint density at radius 1 is 1.09 bits per heavy atom. The van der Waals surface area contributed by atoms with Gasteiger partial charge in [-0.05, 0) is 60.7 Å². The molecule has 0 saturated carbocycles. The minimum Gasteiger partial charge on any atom is -0.445 e. The molecule has 0 unspecified atom stereocenters. The van der Waals surface area contributed by atoms with Crippen LogP contribution in [0.5, 0.6) is 0 Å². The van der Waals surface area contributed by atoms with Gasteiger partial charge in [-0.1, -0.05) is 30.3 Å². The molecule has 1 N–H and O–H groups in total. The number of aromatic nitrogens is 3. The Morgan fingerprint density at radius 2 is 1.86 bits per heavy atom. The summed E-state index contributed by atoms with van der Waals surface area (Å²) in [5.41, 5.74) is 3.71. The third kappa shape index (κ3) is 5.66. The molecule has 1 amide bonds. The van der Waals surface area contributed by atoms with Gasteiger partial charge in [0.15, 0.2) is 0 Å². The van der Waals surface area contributed by atoms with Crippen LogP contribution >= 0.6 is 0 Å². The first-order chi connectivity index (χ1) is 16.8. The fourth-order valence-electron chi connectivity index (χ4n) is 3.98. The zero-order valence-corrected chi connectivity index (χ0v) is 20.1. The number of nitrogens with one attached hydrogen (secondary N) is 1. The predicted molar refractivity (Wildman–Crippen MR) is 135 cm³/mol. The zero-order chi connectivity index (χ0) is 24.9. The van der Waals surface area contributed by atoms with Crippen molar-refractivity contribution in [2.24, 2.45) is 0 Å². The van der Waals surface area contributed by atoms with E-state index in [1.54, 1.807) is 36.9 Å². The summed E-state index contributed by atoms with van der Waals surface area (Å²) in [5.74, 6) is 0.562. The Hall–Kier alpha value is -4.20. The van der Waals surface area contributed by atoms with Crippen molar-refractivity contribution in [3.05, 3.63) is 98.5 Å². The molecule has 0 aliphatic heterocycles. The average molecular weight is 473 g/mol. The van der Waals surface area contributed by atoms with Crippen molar-refractivity contribution in [2.75, 3.05) is 13.6 Å². The number of hydrogen-bond acceptors (Lipinski definition) is 5. The van der Waals surface area contributed by atoms with Crippen molar-refractivity contribution >= 4 is 17.0 Å². The van der Waals surface area contributed by atoms with E-state index in [1.807, 2.05) is 49.4 Å². The zero-order valence-electron chi connectivity index (χ0n) is 20.1. The number of fused-ring (bicyclic) bond motifs is 1. The van der Waals surface area contributed by atoms with Crippen molar-refractivity contribution in [3.8, 4) is 11.1 Å². The quantitative estimate of drug-likeness (QED) is 0.438. The summed E-state index contributed by atoms with van der Waals surface area (Å²) >= 11 is 0. The van der Waals surface area contributed by atoms with Crippen LogP contribution in [0.25, 0.3) is 22.0 Å². The first-order valence-corrected chi connectivity index (χ1v) is 11.5. The number of pyridine rings is 1. The standard InChI is InChI=1S/C27H28N4O4/c1-18-14-24-23(26(33)29-19(2)28-24)16-22(18)21-10-13-31(25(32)15-21)12-7-11-30(3)27(34)35-17-20-8-5-4-6-9-20/h4-6,8-10,13-16H,7,11-12,17H2,1-3H3,(H,28,29,33). The van der Waals surface area contributed by atoms with Crippen LogP contribution in [0.1, 0.15) is 23.4 Å². The summed E-state index contributed by atoms with van der Waals surface area (Å²) in [6.45, 7) is 4.83. The Morgan fingerprint density at radius 3 is 2.60 bits per heavy atom. The first-order valence-electron chi connectivity index (χ1n) is 11.5.